The summed E-state index contributed by atoms with van der Waals surface area (Å²) in [7, 11) is 4.07. The molecule has 0 aliphatic heterocycles. The molecule has 1 rings (SSSR count). The third-order valence-electron chi connectivity index (χ3n) is 2.64. The number of carbonyl (C=O) groups is 1. The minimum atomic E-state index is -0.778. The number of carbonyl (C=O) groups excluding carboxylic acids is 1. The molecule has 2 N–H and O–H groups in total. The normalized spacial score (nSPS) is 12.5. The van der Waals surface area contributed by atoms with Crippen molar-refractivity contribution in [2.75, 3.05) is 20.6 Å². The molecule has 0 saturated heterocycles. The fraction of sp³-hybridized carbons (Fsp3) is 0.462. The van der Waals surface area contributed by atoms with Gasteiger partial charge in [0, 0.05) is 6.54 Å². The van der Waals surface area contributed by atoms with Crippen LogP contribution in [0.3, 0.4) is 0 Å². The number of hydrogen-bond acceptors (Lipinski definition) is 3. The Labute approximate surface area is 102 Å². The van der Waals surface area contributed by atoms with Crippen LogP contribution in [0.5, 0.6) is 5.75 Å². The van der Waals surface area contributed by atoms with Gasteiger partial charge < -0.3 is 15.4 Å². The molecule has 0 heterocycles. The van der Waals surface area contributed by atoms with Crippen molar-refractivity contribution in [2.24, 2.45) is 5.73 Å². The molecule has 0 aliphatic carbocycles. The van der Waals surface area contributed by atoms with Gasteiger partial charge in [-0.1, -0.05) is 13.0 Å². The zero-order valence-corrected chi connectivity index (χ0v) is 10.9. The van der Waals surface area contributed by atoms with Gasteiger partial charge in [-0.05, 0) is 50.2 Å². The molecule has 94 valence electrons. The summed E-state index contributed by atoms with van der Waals surface area (Å²) in [4.78, 5) is 12.8. The minimum absolute atomic E-state index is 0.376. The molecule has 0 spiro atoms. The first-order chi connectivity index (χ1) is 7.90. The lowest BCUT2D eigenvalue weighted by Crippen LogP contribution is -2.19. The summed E-state index contributed by atoms with van der Waals surface area (Å²) in [5, 5.41) is 0. The summed E-state index contributed by atoms with van der Waals surface area (Å²) in [5.74, 6) is 0.880. The first-order valence-electron chi connectivity index (χ1n) is 5.62. The highest BCUT2D eigenvalue weighted by Gasteiger charge is 2.11. The lowest BCUT2D eigenvalue weighted by Gasteiger charge is -2.19. The molecule has 1 aromatic carbocycles. The van der Waals surface area contributed by atoms with Crippen molar-refractivity contribution in [3.8, 4) is 5.75 Å². The number of hydrogen-bond donors (Lipinski definition) is 1. The SMILES string of the molecule is Cc1ccc(OC(N)=O)cc1C(C)CN(C)C. The summed E-state index contributed by atoms with van der Waals surface area (Å²) in [6, 6.07) is 5.58. The third-order valence-corrected chi connectivity index (χ3v) is 2.64. The number of aryl methyl sites for hydroxylation is 1. The van der Waals surface area contributed by atoms with Gasteiger partial charge in [-0.15, -0.1) is 0 Å². The highest BCUT2D eigenvalue weighted by Crippen LogP contribution is 2.25. The van der Waals surface area contributed by atoms with E-state index in [4.69, 9.17) is 10.5 Å². The molecule has 0 aromatic heterocycles. The Morgan fingerprint density at radius 2 is 2.12 bits per heavy atom. The zero-order valence-electron chi connectivity index (χ0n) is 10.9. The Morgan fingerprint density at radius 1 is 1.47 bits per heavy atom. The van der Waals surface area contributed by atoms with Gasteiger partial charge in [0.2, 0.25) is 0 Å². The lowest BCUT2D eigenvalue weighted by molar-refractivity contribution is 0.211. The average molecular weight is 236 g/mol. The maximum absolute atomic E-state index is 10.7. The van der Waals surface area contributed by atoms with Crippen LogP contribution in [0.2, 0.25) is 0 Å². The molecule has 17 heavy (non-hydrogen) atoms. The van der Waals surface area contributed by atoms with E-state index in [9.17, 15) is 4.79 Å². The fourth-order valence-corrected chi connectivity index (χ4v) is 1.98. The topological polar surface area (TPSA) is 55.6 Å². The molecule has 4 nitrogen and oxygen atoms in total. The predicted molar refractivity (Wildman–Crippen MR) is 68.4 cm³/mol. The molecule has 4 heteroatoms. The van der Waals surface area contributed by atoms with E-state index in [0.717, 1.165) is 6.54 Å². The van der Waals surface area contributed by atoms with E-state index in [1.54, 1.807) is 6.07 Å². The van der Waals surface area contributed by atoms with Gasteiger partial charge in [-0.2, -0.15) is 0 Å². The van der Waals surface area contributed by atoms with Crippen LogP contribution in [0.1, 0.15) is 24.0 Å². The second kappa shape index (κ2) is 5.68. The van der Waals surface area contributed by atoms with E-state index >= 15 is 0 Å². The van der Waals surface area contributed by atoms with Crippen molar-refractivity contribution in [3.63, 3.8) is 0 Å². The number of amides is 1. The van der Waals surface area contributed by atoms with Crippen LogP contribution in [0.25, 0.3) is 0 Å². The highest BCUT2D eigenvalue weighted by atomic mass is 16.5. The molecule has 1 amide bonds. The Balaban J connectivity index is 2.93. The monoisotopic (exact) mass is 236 g/mol. The third kappa shape index (κ3) is 4.07. The quantitative estimate of drug-likeness (QED) is 0.871. The second-order valence-corrected chi connectivity index (χ2v) is 4.60. The van der Waals surface area contributed by atoms with Crippen molar-refractivity contribution in [1.82, 2.24) is 4.90 Å². The van der Waals surface area contributed by atoms with Gasteiger partial charge in [0.1, 0.15) is 5.75 Å². The molecule has 1 atom stereocenters. The summed E-state index contributed by atoms with van der Waals surface area (Å²) >= 11 is 0. The van der Waals surface area contributed by atoms with Gasteiger partial charge in [0.05, 0.1) is 0 Å². The Hall–Kier alpha value is -1.55. The first-order valence-corrected chi connectivity index (χ1v) is 5.62. The molecule has 0 radical (unpaired) electrons. The van der Waals surface area contributed by atoms with Gasteiger partial charge in [0.15, 0.2) is 0 Å². The van der Waals surface area contributed by atoms with E-state index in [1.807, 2.05) is 26.2 Å². The molecular weight excluding hydrogens is 216 g/mol. The number of likely N-dealkylation sites (N-methyl/N-ethyl adjacent to an activating group) is 1. The molecular formula is C13H20N2O2. The van der Waals surface area contributed by atoms with Crippen molar-refractivity contribution >= 4 is 6.09 Å². The molecule has 0 aliphatic rings. The Morgan fingerprint density at radius 3 is 2.65 bits per heavy atom. The van der Waals surface area contributed by atoms with Crippen LogP contribution in [0.15, 0.2) is 18.2 Å². The van der Waals surface area contributed by atoms with E-state index in [0.29, 0.717) is 11.7 Å². The Bertz CT molecular complexity index is 402. The number of nitrogens with zero attached hydrogens (tertiary/aromatic N) is 1. The van der Waals surface area contributed by atoms with E-state index < -0.39 is 6.09 Å². The summed E-state index contributed by atoms with van der Waals surface area (Å²) in [6.07, 6.45) is -0.778. The van der Waals surface area contributed by atoms with Gasteiger partial charge >= 0.3 is 6.09 Å². The van der Waals surface area contributed by atoms with E-state index in [1.165, 1.54) is 11.1 Å². The molecule has 1 aromatic rings. The van der Waals surface area contributed by atoms with Crippen LogP contribution in [-0.2, 0) is 0 Å². The smallest absolute Gasteiger partial charge is 0.409 e. The van der Waals surface area contributed by atoms with E-state index in [-0.39, 0.29) is 0 Å². The number of rotatable bonds is 4. The number of ether oxygens (including phenoxy) is 1. The molecule has 1 unspecified atom stereocenters. The van der Waals surface area contributed by atoms with Crippen molar-refractivity contribution in [2.45, 2.75) is 19.8 Å². The molecule has 0 saturated carbocycles. The minimum Gasteiger partial charge on any atom is -0.410 e. The highest BCUT2D eigenvalue weighted by molar-refractivity contribution is 5.68. The summed E-state index contributed by atoms with van der Waals surface area (Å²) < 4.78 is 4.89. The largest absolute Gasteiger partial charge is 0.410 e. The van der Waals surface area contributed by atoms with Crippen molar-refractivity contribution in [3.05, 3.63) is 29.3 Å². The van der Waals surface area contributed by atoms with Crippen molar-refractivity contribution < 1.29 is 9.53 Å². The lowest BCUT2D eigenvalue weighted by atomic mass is 9.96. The van der Waals surface area contributed by atoms with Crippen LogP contribution in [0.4, 0.5) is 4.79 Å². The van der Waals surface area contributed by atoms with Gasteiger partial charge in [0.25, 0.3) is 0 Å². The number of benzene rings is 1. The second-order valence-electron chi connectivity index (χ2n) is 4.60. The molecule has 0 bridgehead atoms. The number of nitrogens with two attached hydrogens (primary N) is 1. The standard InChI is InChI=1S/C13H20N2O2/c1-9-5-6-11(17-13(14)16)7-12(9)10(2)8-15(3)4/h5-7,10H,8H2,1-4H3,(H2,14,16). The zero-order chi connectivity index (χ0) is 13.0. The molecule has 0 fully saturated rings. The summed E-state index contributed by atoms with van der Waals surface area (Å²) in [6.45, 7) is 5.15. The predicted octanol–water partition coefficient (Wildman–Crippen LogP) is 2.12. The van der Waals surface area contributed by atoms with Crippen LogP contribution in [-0.4, -0.2) is 31.6 Å². The van der Waals surface area contributed by atoms with E-state index in [2.05, 4.69) is 18.7 Å². The first kappa shape index (κ1) is 13.5. The van der Waals surface area contributed by atoms with Gasteiger partial charge in [-0.3, -0.25) is 0 Å². The Kier molecular flexibility index (Phi) is 4.52. The maximum atomic E-state index is 10.7. The van der Waals surface area contributed by atoms with Crippen LogP contribution in [0, 0.1) is 6.92 Å². The van der Waals surface area contributed by atoms with Crippen LogP contribution >= 0.6 is 0 Å². The summed E-state index contributed by atoms with van der Waals surface area (Å²) in [5.41, 5.74) is 7.37. The van der Waals surface area contributed by atoms with Crippen LogP contribution < -0.4 is 10.5 Å². The average Bonchev–Trinajstić information content (AvgIpc) is 2.19. The van der Waals surface area contributed by atoms with Gasteiger partial charge in [-0.25, -0.2) is 4.79 Å². The fourth-order valence-electron chi connectivity index (χ4n) is 1.98. The maximum Gasteiger partial charge on any atom is 0.409 e. The number of primary amides is 1. The van der Waals surface area contributed by atoms with Crippen molar-refractivity contribution in [1.29, 1.82) is 0 Å².